The van der Waals surface area contributed by atoms with Crippen molar-refractivity contribution >= 4 is 17.8 Å². The summed E-state index contributed by atoms with van der Waals surface area (Å²) in [7, 11) is 1.90. The van der Waals surface area contributed by atoms with E-state index < -0.39 is 17.6 Å². The fraction of sp³-hybridized carbons (Fsp3) is 0.407. The van der Waals surface area contributed by atoms with Crippen LogP contribution in [0.3, 0.4) is 0 Å². The average Bonchev–Trinajstić information content (AvgIpc) is 3.44. The third kappa shape index (κ3) is 5.42. The van der Waals surface area contributed by atoms with Gasteiger partial charge in [-0.15, -0.1) is 5.10 Å². The Kier molecular flexibility index (Phi) is 6.95. The summed E-state index contributed by atoms with van der Waals surface area (Å²) >= 11 is 0. The molecule has 1 aliphatic carbocycles. The van der Waals surface area contributed by atoms with Gasteiger partial charge in [0.2, 0.25) is 0 Å². The number of likely N-dealkylation sites (N-methyl/N-ethyl adjacent to an activating group) is 1. The van der Waals surface area contributed by atoms with Crippen LogP contribution in [-0.4, -0.2) is 51.3 Å². The van der Waals surface area contributed by atoms with Crippen LogP contribution in [0.1, 0.15) is 64.8 Å². The van der Waals surface area contributed by atoms with Gasteiger partial charge in [0.25, 0.3) is 5.91 Å². The van der Waals surface area contributed by atoms with Gasteiger partial charge in [-0.1, -0.05) is 17.7 Å². The number of anilines is 1. The second-order valence-electron chi connectivity index (χ2n) is 10.1. The normalized spacial score (nSPS) is 19.6. The van der Waals surface area contributed by atoms with E-state index in [9.17, 15) is 18.0 Å². The summed E-state index contributed by atoms with van der Waals surface area (Å²) in [4.78, 5) is 13.1. The van der Waals surface area contributed by atoms with E-state index in [0.29, 0.717) is 29.4 Å². The van der Waals surface area contributed by atoms with Crippen molar-refractivity contribution in [1.82, 2.24) is 25.3 Å². The molecule has 2 heterocycles. The highest BCUT2D eigenvalue weighted by Crippen LogP contribution is 2.33. The Balaban J connectivity index is 1.36. The van der Waals surface area contributed by atoms with Gasteiger partial charge in [0.1, 0.15) is 0 Å². The molecule has 1 saturated carbocycles. The topological polar surface area (TPSA) is 87.4 Å². The second kappa shape index (κ2) is 10.2. The van der Waals surface area contributed by atoms with E-state index in [0.717, 1.165) is 42.7 Å². The van der Waals surface area contributed by atoms with Gasteiger partial charge in [-0.3, -0.25) is 9.80 Å². The number of aromatic nitrogens is 3. The first-order valence-corrected chi connectivity index (χ1v) is 12.6. The Morgan fingerprint density at radius 2 is 1.95 bits per heavy atom. The monoisotopic (exact) mass is 525 g/mol. The van der Waals surface area contributed by atoms with E-state index in [2.05, 4.69) is 33.0 Å². The van der Waals surface area contributed by atoms with Gasteiger partial charge in [-0.25, -0.2) is 4.68 Å². The summed E-state index contributed by atoms with van der Waals surface area (Å²) in [5, 5.41) is 20.7. The van der Waals surface area contributed by atoms with E-state index in [1.165, 1.54) is 0 Å². The van der Waals surface area contributed by atoms with Crippen molar-refractivity contribution in [1.29, 1.82) is 0 Å². The largest absolute Gasteiger partial charge is 0.416 e. The lowest BCUT2D eigenvalue weighted by Gasteiger charge is -2.26. The summed E-state index contributed by atoms with van der Waals surface area (Å²) in [5.74, 6) is -0.517. The molecule has 2 aliphatic rings. The molecule has 200 valence electrons. The quantitative estimate of drug-likeness (QED) is 0.459. The third-order valence-corrected chi connectivity index (χ3v) is 7.37. The summed E-state index contributed by atoms with van der Waals surface area (Å²) in [6.45, 7) is 4.25. The van der Waals surface area contributed by atoms with Crippen LogP contribution in [0.25, 0.3) is 5.69 Å². The number of carbonyl (C=O) groups is 1. The van der Waals surface area contributed by atoms with E-state index in [-0.39, 0.29) is 17.6 Å². The molecule has 0 spiro atoms. The van der Waals surface area contributed by atoms with Crippen LogP contribution in [0.4, 0.5) is 18.9 Å². The minimum atomic E-state index is -4.52. The van der Waals surface area contributed by atoms with Crippen LogP contribution in [0, 0.1) is 6.92 Å². The van der Waals surface area contributed by atoms with Crippen molar-refractivity contribution in [3.63, 3.8) is 0 Å². The molecular formula is C27H30F3N7O. The third-order valence-electron chi connectivity index (χ3n) is 7.37. The molecule has 1 amide bonds. The van der Waals surface area contributed by atoms with Crippen molar-refractivity contribution in [2.24, 2.45) is 5.10 Å². The average molecular weight is 526 g/mol. The minimum absolute atomic E-state index is 0.00516. The van der Waals surface area contributed by atoms with Crippen molar-refractivity contribution in [3.8, 4) is 5.69 Å². The fourth-order valence-corrected chi connectivity index (χ4v) is 4.61. The van der Waals surface area contributed by atoms with Gasteiger partial charge >= 0.3 is 6.18 Å². The molecule has 0 bridgehead atoms. The Bertz CT molecular complexity index is 1360. The maximum Gasteiger partial charge on any atom is 0.416 e. The minimum Gasteiger partial charge on any atom is -0.322 e. The lowest BCUT2D eigenvalue weighted by atomic mass is 9.93. The predicted octanol–water partition coefficient (Wildman–Crippen LogP) is 4.89. The van der Waals surface area contributed by atoms with Crippen LogP contribution in [-0.2, 0) is 12.7 Å². The van der Waals surface area contributed by atoms with Crippen molar-refractivity contribution in [2.75, 3.05) is 12.4 Å². The molecule has 0 radical (unpaired) electrons. The summed E-state index contributed by atoms with van der Waals surface area (Å²) in [6, 6.07) is 9.22. The molecule has 2 N–H and O–H groups in total. The zero-order chi connectivity index (χ0) is 27.0. The highest BCUT2D eigenvalue weighted by atomic mass is 19.4. The molecular weight excluding hydrogens is 495 g/mol. The summed E-state index contributed by atoms with van der Waals surface area (Å²) in [5.41, 5.74) is 2.34. The number of hydrogen-bond donors (Lipinski definition) is 2. The standard InChI is InChI=1S/C27H30F3N7O/c1-16-7-8-19(11-25(16)37-15-24(34-35-37)23-14-32-36(3)17(23)2)26(38)33-22-10-18(13-31-21-5-4-6-21)9-20(12-22)27(28,29)30/h7-12,14-15,17,21,23,31H,4-6,13H2,1-3H3,(H,33,38). The van der Waals surface area contributed by atoms with E-state index >= 15 is 0 Å². The van der Waals surface area contributed by atoms with Crippen molar-refractivity contribution in [3.05, 3.63) is 70.5 Å². The number of benzene rings is 2. The second-order valence-corrected chi connectivity index (χ2v) is 10.1. The van der Waals surface area contributed by atoms with Crippen molar-refractivity contribution in [2.45, 2.75) is 63.8 Å². The molecule has 1 fully saturated rings. The molecule has 11 heteroatoms. The van der Waals surface area contributed by atoms with Crippen LogP contribution in [0.15, 0.2) is 47.7 Å². The number of nitrogens with one attached hydrogen (secondary N) is 2. The number of carbonyl (C=O) groups excluding carboxylic acids is 1. The number of alkyl halides is 3. The van der Waals surface area contributed by atoms with E-state index in [1.54, 1.807) is 28.9 Å². The lowest BCUT2D eigenvalue weighted by Crippen LogP contribution is -2.34. The number of nitrogens with zero attached hydrogens (tertiary/aromatic N) is 5. The van der Waals surface area contributed by atoms with Crippen molar-refractivity contribution < 1.29 is 18.0 Å². The van der Waals surface area contributed by atoms with Gasteiger partial charge in [0, 0.05) is 37.1 Å². The zero-order valence-corrected chi connectivity index (χ0v) is 21.5. The SMILES string of the molecule is Cc1ccc(C(=O)Nc2cc(CNC3CCC3)cc(C(F)(F)F)c2)cc1-n1cc(C2C=NN(C)C2C)nn1. The van der Waals surface area contributed by atoms with Crippen LogP contribution in [0.5, 0.6) is 0 Å². The molecule has 3 aromatic rings. The molecule has 1 aliphatic heterocycles. The smallest absolute Gasteiger partial charge is 0.322 e. The molecule has 5 rings (SSSR count). The summed E-state index contributed by atoms with van der Waals surface area (Å²) in [6.07, 6.45) is 2.29. The zero-order valence-electron chi connectivity index (χ0n) is 21.5. The molecule has 38 heavy (non-hydrogen) atoms. The van der Waals surface area contributed by atoms with Gasteiger partial charge < -0.3 is 10.6 Å². The number of halogens is 3. The Morgan fingerprint density at radius 1 is 1.16 bits per heavy atom. The first-order chi connectivity index (χ1) is 18.1. The first-order valence-electron chi connectivity index (χ1n) is 12.6. The Morgan fingerprint density at radius 3 is 2.61 bits per heavy atom. The fourth-order valence-electron chi connectivity index (χ4n) is 4.61. The number of aryl methyl sites for hydroxylation is 1. The molecule has 2 aromatic carbocycles. The van der Waals surface area contributed by atoms with Crippen LogP contribution < -0.4 is 10.6 Å². The van der Waals surface area contributed by atoms with Gasteiger partial charge in [0.05, 0.1) is 35.1 Å². The van der Waals surface area contributed by atoms with Crippen LogP contribution >= 0.6 is 0 Å². The van der Waals surface area contributed by atoms with E-state index in [1.807, 2.05) is 31.4 Å². The molecule has 1 aromatic heterocycles. The van der Waals surface area contributed by atoms with E-state index in [4.69, 9.17) is 0 Å². The van der Waals surface area contributed by atoms with Crippen LogP contribution in [0.2, 0.25) is 0 Å². The Labute approximate surface area is 218 Å². The maximum atomic E-state index is 13.6. The molecule has 2 atom stereocenters. The lowest BCUT2D eigenvalue weighted by molar-refractivity contribution is -0.137. The number of amides is 1. The van der Waals surface area contributed by atoms with Gasteiger partial charge in [0.15, 0.2) is 0 Å². The first kappa shape index (κ1) is 25.9. The predicted molar refractivity (Wildman–Crippen MR) is 138 cm³/mol. The highest BCUT2D eigenvalue weighted by molar-refractivity contribution is 6.04. The molecule has 8 nitrogen and oxygen atoms in total. The number of hydrazone groups is 1. The van der Waals surface area contributed by atoms with Gasteiger partial charge in [-0.05, 0) is 68.1 Å². The molecule has 0 saturated heterocycles. The maximum absolute atomic E-state index is 13.6. The van der Waals surface area contributed by atoms with Gasteiger partial charge in [-0.2, -0.15) is 18.3 Å². The molecule has 2 unspecified atom stereocenters. The Hall–Kier alpha value is -3.73. The number of hydrogen-bond acceptors (Lipinski definition) is 6. The summed E-state index contributed by atoms with van der Waals surface area (Å²) < 4.78 is 42.3. The number of rotatable bonds is 7. The highest BCUT2D eigenvalue weighted by Gasteiger charge is 2.32.